The molecule has 0 saturated carbocycles. The minimum Gasteiger partial charge on any atom is -0.494 e. The highest BCUT2D eigenvalue weighted by molar-refractivity contribution is 5.93. The summed E-state index contributed by atoms with van der Waals surface area (Å²) in [5.74, 6) is -2.77. The number of carbonyl (C=O) groups is 4. The molecule has 4 amide bonds. The highest BCUT2D eigenvalue weighted by Gasteiger charge is 2.36. The van der Waals surface area contributed by atoms with E-state index in [0.717, 1.165) is 5.56 Å². The molecule has 1 aromatic carbocycles. The maximum absolute atomic E-state index is 13.5. The minimum absolute atomic E-state index is 0.0880. The van der Waals surface area contributed by atoms with Crippen LogP contribution in [0.5, 0.6) is 5.75 Å². The molecule has 0 fully saturated rings. The molecule has 10 nitrogen and oxygen atoms in total. The van der Waals surface area contributed by atoms with Gasteiger partial charge in [-0.2, -0.15) is 0 Å². The summed E-state index contributed by atoms with van der Waals surface area (Å²) in [5.41, 5.74) is 2.04. The average Bonchev–Trinajstić information content (AvgIpc) is 2.79. The largest absolute Gasteiger partial charge is 0.494 e. The van der Waals surface area contributed by atoms with Crippen LogP contribution in [0.1, 0.15) is 59.4 Å². The number of carbonyl (C=O) groups excluding carboxylic acids is 4. The van der Waals surface area contributed by atoms with Gasteiger partial charge >= 0.3 is 0 Å². The van der Waals surface area contributed by atoms with Crippen molar-refractivity contribution in [3.05, 3.63) is 29.8 Å². The topological polar surface area (TPSA) is 146 Å². The summed E-state index contributed by atoms with van der Waals surface area (Å²) in [6, 6.07) is 6.26. The van der Waals surface area contributed by atoms with Gasteiger partial charge in [-0.25, -0.2) is 5.48 Å². The second kappa shape index (κ2) is 13.2. The van der Waals surface area contributed by atoms with Crippen molar-refractivity contribution in [1.29, 1.82) is 0 Å². The van der Waals surface area contributed by atoms with Crippen molar-refractivity contribution >= 4 is 23.6 Å². The summed E-state index contributed by atoms with van der Waals surface area (Å²) in [7, 11) is 0. The number of hydroxylamine groups is 1. The maximum atomic E-state index is 13.5. The number of fused-ring (bicyclic) bond motifs is 11. The molecule has 2 aliphatic heterocycles. The fourth-order valence-corrected chi connectivity index (χ4v) is 4.25. The Hall–Kier alpha value is -3.14. The molecule has 200 valence electrons. The number of amides is 4. The first-order valence-corrected chi connectivity index (χ1v) is 12.4. The normalized spacial score (nSPS) is 21.1. The van der Waals surface area contributed by atoms with E-state index in [4.69, 9.17) is 4.74 Å². The molecular formula is C26H40N4O6. The fraction of sp³-hybridized carbons (Fsp3) is 0.615. The van der Waals surface area contributed by atoms with Crippen molar-refractivity contribution in [2.24, 2.45) is 17.8 Å². The van der Waals surface area contributed by atoms with E-state index in [0.29, 0.717) is 31.6 Å². The van der Waals surface area contributed by atoms with Crippen LogP contribution in [0.2, 0.25) is 0 Å². The zero-order chi connectivity index (χ0) is 26.9. The number of hydrogen-bond donors (Lipinski definition) is 5. The van der Waals surface area contributed by atoms with Gasteiger partial charge in [-0.15, -0.1) is 0 Å². The van der Waals surface area contributed by atoms with Crippen molar-refractivity contribution in [1.82, 2.24) is 21.4 Å². The van der Waals surface area contributed by atoms with E-state index in [1.54, 1.807) is 17.6 Å². The quantitative estimate of drug-likeness (QED) is 0.294. The van der Waals surface area contributed by atoms with Crippen LogP contribution in [0.25, 0.3) is 0 Å². The number of rotatable bonds is 6. The first kappa shape index (κ1) is 29.1. The van der Waals surface area contributed by atoms with Gasteiger partial charge < -0.3 is 20.7 Å². The lowest BCUT2D eigenvalue weighted by Crippen LogP contribution is -2.53. The summed E-state index contributed by atoms with van der Waals surface area (Å²) < 4.78 is 5.77. The van der Waals surface area contributed by atoms with Gasteiger partial charge in [-0.05, 0) is 63.6 Å². The molecule has 0 unspecified atom stereocenters. The van der Waals surface area contributed by atoms with Gasteiger partial charge in [-0.3, -0.25) is 24.4 Å². The third-order valence-electron chi connectivity index (χ3n) is 5.86. The summed E-state index contributed by atoms with van der Waals surface area (Å²) in [6.45, 7) is 9.51. The second-order valence-electron chi connectivity index (χ2n) is 10.7. The zero-order valence-corrected chi connectivity index (χ0v) is 21.8. The first-order chi connectivity index (χ1) is 16.9. The van der Waals surface area contributed by atoms with Crippen LogP contribution in [0.15, 0.2) is 24.3 Å². The third-order valence-corrected chi connectivity index (χ3v) is 5.86. The molecule has 10 heteroatoms. The predicted octanol–water partition coefficient (Wildman–Crippen LogP) is 1.70. The molecule has 2 bridgehead atoms. The lowest BCUT2D eigenvalue weighted by Gasteiger charge is -2.29. The van der Waals surface area contributed by atoms with Crippen LogP contribution in [-0.4, -0.2) is 53.6 Å². The molecule has 36 heavy (non-hydrogen) atoms. The molecule has 2 heterocycles. The van der Waals surface area contributed by atoms with Crippen LogP contribution in [-0.2, 0) is 25.6 Å². The van der Waals surface area contributed by atoms with E-state index in [1.807, 2.05) is 46.8 Å². The zero-order valence-electron chi connectivity index (χ0n) is 21.8. The van der Waals surface area contributed by atoms with Gasteiger partial charge in [0.1, 0.15) is 11.8 Å². The summed E-state index contributed by atoms with van der Waals surface area (Å²) in [6.07, 6.45) is 1.39. The second-order valence-corrected chi connectivity index (χ2v) is 10.7. The van der Waals surface area contributed by atoms with Crippen molar-refractivity contribution < 1.29 is 29.1 Å². The predicted molar refractivity (Wildman–Crippen MR) is 134 cm³/mol. The van der Waals surface area contributed by atoms with Crippen LogP contribution >= 0.6 is 0 Å². The van der Waals surface area contributed by atoms with Crippen LogP contribution in [0, 0.1) is 17.8 Å². The molecule has 0 aromatic heterocycles. The van der Waals surface area contributed by atoms with Gasteiger partial charge in [-0.1, -0.05) is 26.0 Å². The standard InChI is InChI=1S/C26H40N4O6/c1-16(2)13-20-19(24(33)30-35)7-6-12-36-18-10-8-17(9-11-18)14-21(28-23(20)32)25(34)27-15-22(31)29-26(3,4)5/h8-11,16,19-21,35H,6-7,12-15H2,1-5H3,(H,27,34)(H,28,32)(H,29,31)(H,30,33)/t19-,20+,21-/m0/s1. The van der Waals surface area contributed by atoms with E-state index in [2.05, 4.69) is 16.0 Å². The Morgan fingerprint density at radius 2 is 1.81 bits per heavy atom. The molecule has 0 saturated heterocycles. The van der Waals surface area contributed by atoms with Gasteiger partial charge in [0.25, 0.3) is 0 Å². The van der Waals surface area contributed by atoms with Crippen LogP contribution in [0.4, 0.5) is 0 Å². The molecule has 5 N–H and O–H groups in total. The van der Waals surface area contributed by atoms with E-state index in [9.17, 15) is 24.4 Å². The number of nitrogens with one attached hydrogen (secondary N) is 4. The SMILES string of the molecule is CC(C)C[C@H]1C(=O)N[C@H](C(=O)NCC(=O)NC(C)(C)C)Cc2ccc(cc2)OCCC[C@@H]1C(=O)NO. The van der Waals surface area contributed by atoms with Crippen molar-refractivity contribution in [3.8, 4) is 5.75 Å². The van der Waals surface area contributed by atoms with Crippen LogP contribution in [0.3, 0.4) is 0 Å². The highest BCUT2D eigenvalue weighted by atomic mass is 16.5. The van der Waals surface area contributed by atoms with Crippen molar-refractivity contribution in [2.75, 3.05) is 13.2 Å². The number of benzene rings is 1. The van der Waals surface area contributed by atoms with Gasteiger partial charge in [0.15, 0.2) is 0 Å². The van der Waals surface area contributed by atoms with E-state index in [1.165, 1.54) is 0 Å². The van der Waals surface area contributed by atoms with Gasteiger partial charge in [0.2, 0.25) is 23.6 Å². The summed E-state index contributed by atoms with van der Waals surface area (Å²) in [4.78, 5) is 51.4. The Bertz CT molecular complexity index is 910. The molecule has 0 radical (unpaired) electrons. The lowest BCUT2D eigenvalue weighted by atomic mass is 9.81. The number of hydrogen-bond acceptors (Lipinski definition) is 6. The van der Waals surface area contributed by atoms with Crippen molar-refractivity contribution in [3.63, 3.8) is 0 Å². The Balaban J connectivity index is 2.32. The summed E-state index contributed by atoms with van der Waals surface area (Å²) in [5, 5.41) is 17.5. The van der Waals surface area contributed by atoms with Crippen LogP contribution < -0.4 is 26.2 Å². The third kappa shape index (κ3) is 9.49. The van der Waals surface area contributed by atoms with E-state index in [-0.39, 0.29) is 24.8 Å². The molecule has 1 aromatic rings. The lowest BCUT2D eigenvalue weighted by molar-refractivity contribution is -0.142. The van der Waals surface area contributed by atoms with E-state index < -0.39 is 41.1 Å². The highest BCUT2D eigenvalue weighted by Crippen LogP contribution is 2.27. The van der Waals surface area contributed by atoms with Gasteiger partial charge in [0, 0.05) is 17.9 Å². The van der Waals surface area contributed by atoms with Crippen molar-refractivity contribution in [2.45, 2.75) is 71.9 Å². The molecule has 0 spiro atoms. The monoisotopic (exact) mass is 504 g/mol. The first-order valence-electron chi connectivity index (χ1n) is 12.4. The molecular weight excluding hydrogens is 464 g/mol. The Morgan fingerprint density at radius 3 is 2.39 bits per heavy atom. The van der Waals surface area contributed by atoms with E-state index >= 15 is 0 Å². The Kier molecular flexibility index (Phi) is 10.7. The van der Waals surface area contributed by atoms with Gasteiger partial charge in [0.05, 0.1) is 19.1 Å². The molecule has 0 aliphatic carbocycles. The molecule has 3 atom stereocenters. The average molecular weight is 505 g/mol. The summed E-state index contributed by atoms with van der Waals surface area (Å²) >= 11 is 0. The minimum atomic E-state index is -0.970. The molecule has 3 rings (SSSR count). The fourth-order valence-electron chi connectivity index (χ4n) is 4.25. The number of ether oxygens (including phenoxy) is 1. The Labute approximate surface area is 212 Å². The Morgan fingerprint density at radius 1 is 1.14 bits per heavy atom. The molecule has 2 aliphatic rings. The maximum Gasteiger partial charge on any atom is 0.247 e. The smallest absolute Gasteiger partial charge is 0.247 e.